The van der Waals surface area contributed by atoms with Gasteiger partial charge in [0, 0.05) is 11.3 Å². The average molecular weight is 226 g/mol. The lowest BCUT2D eigenvalue weighted by atomic mass is 10.2. The Bertz CT molecular complexity index is 312. The van der Waals surface area contributed by atoms with Crippen LogP contribution >= 0.6 is 11.8 Å². The lowest BCUT2D eigenvalue weighted by Gasteiger charge is -2.18. The molecule has 1 aliphatic rings. The van der Waals surface area contributed by atoms with Crippen molar-refractivity contribution in [3.63, 3.8) is 0 Å². The third-order valence-corrected chi connectivity index (χ3v) is 4.01. The molecule has 15 heavy (non-hydrogen) atoms. The van der Waals surface area contributed by atoms with Crippen LogP contribution in [-0.4, -0.2) is 33.0 Å². The minimum atomic E-state index is 0.638. The van der Waals surface area contributed by atoms with E-state index >= 15 is 0 Å². The molecule has 0 amide bonds. The zero-order valence-corrected chi connectivity index (χ0v) is 10.1. The van der Waals surface area contributed by atoms with Crippen molar-refractivity contribution in [2.24, 2.45) is 0 Å². The Morgan fingerprint density at radius 3 is 3.07 bits per heavy atom. The van der Waals surface area contributed by atoms with Gasteiger partial charge in [0.2, 0.25) is 5.16 Å². The Morgan fingerprint density at radius 2 is 2.40 bits per heavy atom. The molecule has 1 aromatic rings. The molecule has 2 unspecified atom stereocenters. The quantitative estimate of drug-likeness (QED) is 0.821. The molecular weight excluding hydrogens is 208 g/mol. The van der Waals surface area contributed by atoms with E-state index in [0.717, 1.165) is 17.5 Å². The Hall–Kier alpha value is -0.550. The van der Waals surface area contributed by atoms with Crippen molar-refractivity contribution in [1.29, 1.82) is 0 Å². The standard InChI is InChI=1S/C10H18N4S/c1-3-11-8-5-4-6-9(8)15-10-12-7(2)13-14-10/h8-9,11H,3-6H2,1-2H3,(H,12,13,14). The minimum Gasteiger partial charge on any atom is -0.313 e. The first kappa shape index (κ1) is 11.0. The number of aromatic amines is 1. The van der Waals surface area contributed by atoms with Crippen LogP contribution in [0.25, 0.3) is 0 Å². The number of hydrogen-bond donors (Lipinski definition) is 2. The summed E-state index contributed by atoms with van der Waals surface area (Å²) >= 11 is 1.80. The Labute approximate surface area is 94.6 Å². The van der Waals surface area contributed by atoms with Gasteiger partial charge in [-0.3, -0.25) is 5.10 Å². The third kappa shape index (κ3) is 2.72. The number of nitrogens with one attached hydrogen (secondary N) is 2. The molecule has 0 bridgehead atoms. The van der Waals surface area contributed by atoms with Gasteiger partial charge in [-0.25, -0.2) is 4.98 Å². The first-order chi connectivity index (χ1) is 7.29. The molecule has 0 spiro atoms. The van der Waals surface area contributed by atoms with E-state index in [2.05, 4.69) is 27.4 Å². The highest BCUT2D eigenvalue weighted by Gasteiger charge is 2.28. The average Bonchev–Trinajstić information content (AvgIpc) is 2.78. The van der Waals surface area contributed by atoms with E-state index in [4.69, 9.17) is 0 Å². The maximum Gasteiger partial charge on any atom is 0.208 e. The van der Waals surface area contributed by atoms with Crippen LogP contribution in [0.3, 0.4) is 0 Å². The van der Waals surface area contributed by atoms with Crippen molar-refractivity contribution < 1.29 is 0 Å². The van der Waals surface area contributed by atoms with E-state index in [9.17, 15) is 0 Å². The number of nitrogens with zero attached hydrogens (tertiary/aromatic N) is 2. The Balaban J connectivity index is 1.93. The summed E-state index contributed by atoms with van der Waals surface area (Å²) in [7, 11) is 0. The molecular formula is C10H18N4S. The first-order valence-electron chi connectivity index (χ1n) is 5.58. The summed E-state index contributed by atoms with van der Waals surface area (Å²) in [4.78, 5) is 4.34. The van der Waals surface area contributed by atoms with E-state index < -0.39 is 0 Å². The summed E-state index contributed by atoms with van der Waals surface area (Å²) in [5, 5.41) is 12.1. The molecule has 1 fully saturated rings. The van der Waals surface area contributed by atoms with Crippen molar-refractivity contribution >= 4 is 11.8 Å². The summed E-state index contributed by atoms with van der Waals surface area (Å²) in [5.74, 6) is 0.899. The highest BCUT2D eigenvalue weighted by molar-refractivity contribution is 7.99. The van der Waals surface area contributed by atoms with Gasteiger partial charge in [-0.2, -0.15) is 0 Å². The van der Waals surface area contributed by atoms with Crippen molar-refractivity contribution in [1.82, 2.24) is 20.5 Å². The molecule has 1 aromatic heterocycles. The van der Waals surface area contributed by atoms with Crippen LogP contribution in [0.4, 0.5) is 0 Å². The highest BCUT2D eigenvalue weighted by Crippen LogP contribution is 2.33. The highest BCUT2D eigenvalue weighted by atomic mass is 32.2. The molecule has 2 N–H and O–H groups in total. The Kier molecular flexibility index (Phi) is 3.64. The first-order valence-corrected chi connectivity index (χ1v) is 6.46. The second kappa shape index (κ2) is 4.99. The third-order valence-electron chi connectivity index (χ3n) is 2.75. The predicted molar refractivity (Wildman–Crippen MR) is 62.1 cm³/mol. The van der Waals surface area contributed by atoms with Crippen LogP contribution in [0.15, 0.2) is 5.16 Å². The number of thioether (sulfide) groups is 1. The van der Waals surface area contributed by atoms with Gasteiger partial charge in [-0.1, -0.05) is 25.1 Å². The van der Waals surface area contributed by atoms with Gasteiger partial charge in [-0.15, -0.1) is 5.10 Å². The van der Waals surface area contributed by atoms with Gasteiger partial charge >= 0.3 is 0 Å². The molecule has 4 nitrogen and oxygen atoms in total. The maximum absolute atomic E-state index is 4.34. The van der Waals surface area contributed by atoms with E-state index in [1.165, 1.54) is 19.3 Å². The number of H-pyrrole nitrogens is 1. The van der Waals surface area contributed by atoms with Crippen molar-refractivity contribution in [3.05, 3.63) is 5.82 Å². The van der Waals surface area contributed by atoms with E-state index in [-0.39, 0.29) is 0 Å². The van der Waals surface area contributed by atoms with E-state index in [1.54, 1.807) is 11.8 Å². The van der Waals surface area contributed by atoms with Crippen LogP contribution in [0.1, 0.15) is 32.0 Å². The van der Waals surface area contributed by atoms with Gasteiger partial charge in [-0.05, 0) is 26.3 Å². The molecule has 0 aliphatic heterocycles. The molecule has 1 saturated carbocycles. The molecule has 1 aliphatic carbocycles. The van der Waals surface area contributed by atoms with Gasteiger partial charge in [0.15, 0.2) is 0 Å². The number of rotatable bonds is 4. The molecule has 0 radical (unpaired) electrons. The summed E-state index contributed by atoms with van der Waals surface area (Å²) in [5.41, 5.74) is 0. The summed E-state index contributed by atoms with van der Waals surface area (Å²) in [6.45, 7) is 5.15. The van der Waals surface area contributed by atoms with Gasteiger partial charge in [0.1, 0.15) is 5.82 Å². The molecule has 1 heterocycles. The minimum absolute atomic E-state index is 0.638. The smallest absolute Gasteiger partial charge is 0.208 e. The van der Waals surface area contributed by atoms with Crippen LogP contribution in [0.2, 0.25) is 0 Å². The zero-order valence-electron chi connectivity index (χ0n) is 9.29. The van der Waals surface area contributed by atoms with Crippen LogP contribution in [0.5, 0.6) is 0 Å². The number of aromatic nitrogens is 3. The monoisotopic (exact) mass is 226 g/mol. The van der Waals surface area contributed by atoms with Gasteiger partial charge < -0.3 is 5.32 Å². The van der Waals surface area contributed by atoms with Crippen molar-refractivity contribution in [2.45, 2.75) is 49.6 Å². The predicted octanol–water partition coefficient (Wildman–Crippen LogP) is 1.74. The summed E-state index contributed by atoms with van der Waals surface area (Å²) < 4.78 is 0. The fourth-order valence-electron chi connectivity index (χ4n) is 2.07. The second-order valence-corrected chi connectivity index (χ2v) is 5.16. The van der Waals surface area contributed by atoms with Crippen LogP contribution in [-0.2, 0) is 0 Å². The van der Waals surface area contributed by atoms with Gasteiger partial charge in [0.05, 0.1) is 0 Å². The van der Waals surface area contributed by atoms with Crippen LogP contribution < -0.4 is 5.32 Å². The molecule has 5 heteroatoms. The topological polar surface area (TPSA) is 53.6 Å². The zero-order chi connectivity index (χ0) is 10.7. The lowest BCUT2D eigenvalue weighted by molar-refractivity contribution is 0.550. The maximum atomic E-state index is 4.34. The molecule has 2 atom stereocenters. The fraction of sp³-hybridized carbons (Fsp3) is 0.800. The number of aryl methyl sites for hydroxylation is 1. The van der Waals surface area contributed by atoms with Gasteiger partial charge in [0.25, 0.3) is 0 Å². The normalized spacial score (nSPS) is 26.0. The lowest BCUT2D eigenvalue weighted by Crippen LogP contribution is -2.33. The molecule has 84 valence electrons. The largest absolute Gasteiger partial charge is 0.313 e. The van der Waals surface area contributed by atoms with Crippen LogP contribution in [0, 0.1) is 6.92 Å². The summed E-state index contributed by atoms with van der Waals surface area (Å²) in [6.07, 6.45) is 3.88. The fourth-order valence-corrected chi connectivity index (χ4v) is 3.31. The van der Waals surface area contributed by atoms with Crippen molar-refractivity contribution in [3.8, 4) is 0 Å². The molecule has 0 aromatic carbocycles. The number of hydrogen-bond acceptors (Lipinski definition) is 4. The second-order valence-electron chi connectivity index (χ2n) is 3.95. The van der Waals surface area contributed by atoms with E-state index in [1.807, 2.05) is 6.92 Å². The molecule has 2 rings (SSSR count). The SMILES string of the molecule is CCNC1CCCC1Sc1n[nH]c(C)n1. The van der Waals surface area contributed by atoms with E-state index in [0.29, 0.717) is 11.3 Å². The van der Waals surface area contributed by atoms with Crippen molar-refractivity contribution in [2.75, 3.05) is 6.54 Å². The molecule has 0 saturated heterocycles. The Morgan fingerprint density at radius 1 is 1.53 bits per heavy atom. The summed E-state index contributed by atoms with van der Waals surface area (Å²) in [6, 6.07) is 0.638.